The molecule has 2 aliphatic heterocycles. The highest BCUT2D eigenvalue weighted by Gasteiger charge is 2.43. The third kappa shape index (κ3) is 1.91. The highest BCUT2D eigenvalue weighted by Crippen LogP contribution is 2.43. The van der Waals surface area contributed by atoms with Gasteiger partial charge >= 0.3 is 0 Å². The number of hydrogen-bond acceptors (Lipinski definition) is 1. The van der Waals surface area contributed by atoms with Gasteiger partial charge in [-0.2, -0.15) is 0 Å². The first-order valence-corrected chi connectivity index (χ1v) is 8.03. The summed E-state index contributed by atoms with van der Waals surface area (Å²) >= 11 is 0. The zero-order chi connectivity index (χ0) is 15.3. The lowest BCUT2D eigenvalue weighted by atomic mass is 9.96. The summed E-state index contributed by atoms with van der Waals surface area (Å²) in [6.07, 6.45) is 2.08. The Hall–Kier alpha value is -2.06. The van der Waals surface area contributed by atoms with Gasteiger partial charge in [0.2, 0.25) is 0 Å². The number of fused-ring (bicyclic) bond motifs is 6. The van der Waals surface area contributed by atoms with Crippen LogP contribution in [-0.4, -0.2) is 13.2 Å². The van der Waals surface area contributed by atoms with Crippen molar-refractivity contribution in [3.8, 4) is 0 Å². The lowest BCUT2D eigenvalue weighted by Gasteiger charge is -2.50. The molecular weight excluding hydrogens is 268 g/mol. The molecule has 0 N–H and O–H groups in total. The molecule has 2 bridgehead atoms. The van der Waals surface area contributed by atoms with E-state index < -0.39 is 0 Å². The molecule has 2 aromatic carbocycles. The van der Waals surface area contributed by atoms with E-state index in [1.807, 2.05) is 0 Å². The molecule has 0 saturated heterocycles. The molecule has 0 saturated carbocycles. The summed E-state index contributed by atoms with van der Waals surface area (Å²) < 4.78 is 0.982. The Bertz CT molecular complexity index is 762. The molecule has 112 valence electrons. The molecule has 2 aromatic rings. The van der Waals surface area contributed by atoms with E-state index in [0.29, 0.717) is 0 Å². The van der Waals surface area contributed by atoms with Gasteiger partial charge in [-0.3, -0.25) is 4.48 Å². The molecule has 22 heavy (non-hydrogen) atoms. The van der Waals surface area contributed by atoms with E-state index in [2.05, 4.69) is 67.8 Å². The normalized spacial score (nSPS) is 22.0. The third-order valence-corrected chi connectivity index (χ3v) is 5.08. The minimum atomic E-state index is 0.982. The third-order valence-electron chi connectivity index (χ3n) is 5.08. The van der Waals surface area contributed by atoms with E-state index in [1.165, 1.54) is 33.6 Å². The Balaban J connectivity index is 1.92. The molecule has 2 aliphatic rings. The maximum atomic E-state index is 4.03. The van der Waals surface area contributed by atoms with E-state index in [1.54, 1.807) is 0 Å². The average Bonchev–Trinajstić information content (AvgIpc) is 2.46. The number of aryl methyl sites for hydroxylation is 2. The molecule has 2 heterocycles. The quantitative estimate of drug-likeness (QED) is 0.589. The van der Waals surface area contributed by atoms with Gasteiger partial charge in [0.1, 0.15) is 18.8 Å². The Morgan fingerprint density at radius 2 is 1.82 bits per heavy atom. The minimum Gasteiger partial charge on any atom is -0.320 e. The van der Waals surface area contributed by atoms with Crippen LogP contribution in [0, 0.1) is 13.8 Å². The molecule has 0 spiro atoms. The van der Waals surface area contributed by atoms with Crippen molar-refractivity contribution in [2.24, 2.45) is 0 Å². The first kappa shape index (κ1) is 13.6. The standard InChI is InChI=1S/C20H23N2/c1-4-9-22-13-18-11-15(2)5-7-19(18)21(14-22)12-17-10-16(3)6-8-20(17)22/h4-8,10-11H,1,9,12-14H2,2-3H3/q+1. The molecule has 2 heteroatoms. The number of benzene rings is 2. The fraction of sp³-hybridized carbons (Fsp3) is 0.300. The van der Waals surface area contributed by atoms with E-state index in [4.69, 9.17) is 0 Å². The van der Waals surface area contributed by atoms with Crippen molar-refractivity contribution in [3.05, 3.63) is 71.3 Å². The van der Waals surface area contributed by atoms with Gasteiger partial charge in [-0.05, 0) is 44.2 Å². The summed E-state index contributed by atoms with van der Waals surface area (Å²) in [5, 5.41) is 0. The molecule has 4 rings (SSSR count). The maximum absolute atomic E-state index is 4.03. The van der Waals surface area contributed by atoms with Gasteiger partial charge in [0.15, 0.2) is 6.67 Å². The van der Waals surface area contributed by atoms with Gasteiger partial charge in [-0.1, -0.05) is 29.8 Å². The van der Waals surface area contributed by atoms with Crippen LogP contribution < -0.4 is 9.38 Å². The topological polar surface area (TPSA) is 3.24 Å². The van der Waals surface area contributed by atoms with Crippen LogP contribution in [0.5, 0.6) is 0 Å². The zero-order valence-corrected chi connectivity index (χ0v) is 13.5. The highest BCUT2D eigenvalue weighted by molar-refractivity contribution is 5.66. The highest BCUT2D eigenvalue weighted by atomic mass is 15.5. The largest absolute Gasteiger partial charge is 0.320 e. The SMILES string of the molecule is C=CC[N+]12Cc3cc(C)ccc3N(Cc3cc(C)ccc31)C2. The van der Waals surface area contributed by atoms with Crippen molar-refractivity contribution in [1.29, 1.82) is 0 Å². The minimum absolute atomic E-state index is 0.982. The van der Waals surface area contributed by atoms with Gasteiger partial charge < -0.3 is 4.90 Å². The average molecular weight is 291 g/mol. The molecule has 0 fully saturated rings. The lowest BCUT2D eigenvalue weighted by Crippen LogP contribution is -2.61. The van der Waals surface area contributed by atoms with E-state index >= 15 is 0 Å². The first-order chi connectivity index (χ1) is 10.6. The van der Waals surface area contributed by atoms with Crippen molar-refractivity contribution in [2.45, 2.75) is 26.9 Å². The van der Waals surface area contributed by atoms with Crippen molar-refractivity contribution in [1.82, 2.24) is 4.48 Å². The second-order valence-electron chi connectivity index (χ2n) is 6.88. The van der Waals surface area contributed by atoms with Gasteiger partial charge in [-0.25, -0.2) is 0 Å². The van der Waals surface area contributed by atoms with Crippen molar-refractivity contribution in [2.75, 3.05) is 18.1 Å². The fourth-order valence-electron chi connectivity index (χ4n) is 4.20. The Morgan fingerprint density at radius 1 is 1.09 bits per heavy atom. The predicted molar refractivity (Wildman–Crippen MR) is 94.0 cm³/mol. The molecule has 2 nitrogen and oxygen atoms in total. The van der Waals surface area contributed by atoms with Gasteiger partial charge in [0.25, 0.3) is 0 Å². The van der Waals surface area contributed by atoms with Crippen molar-refractivity contribution < 1.29 is 0 Å². The van der Waals surface area contributed by atoms with E-state index in [-0.39, 0.29) is 0 Å². The summed E-state index contributed by atoms with van der Waals surface area (Å²) in [6.45, 7) is 12.5. The predicted octanol–water partition coefficient (Wildman–Crippen LogP) is 4.29. The number of anilines is 1. The van der Waals surface area contributed by atoms with Crippen LogP contribution in [0.1, 0.15) is 22.3 Å². The molecule has 0 aromatic heterocycles. The summed E-state index contributed by atoms with van der Waals surface area (Å²) in [5.74, 6) is 0. The first-order valence-electron chi connectivity index (χ1n) is 8.03. The number of quaternary nitrogens is 1. The molecule has 0 aliphatic carbocycles. The van der Waals surface area contributed by atoms with Gasteiger partial charge in [0, 0.05) is 11.1 Å². The summed E-state index contributed by atoms with van der Waals surface area (Å²) in [5.41, 5.74) is 8.53. The summed E-state index contributed by atoms with van der Waals surface area (Å²) in [6, 6.07) is 13.8. The fourth-order valence-corrected chi connectivity index (χ4v) is 4.20. The van der Waals surface area contributed by atoms with Crippen LogP contribution in [0.25, 0.3) is 0 Å². The van der Waals surface area contributed by atoms with Crippen LogP contribution in [0.2, 0.25) is 0 Å². The Labute approximate surface area is 132 Å². The Morgan fingerprint density at radius 3 is 2.59 bits per heavy atom. The monoisotopic (exact) mass is 291 g/mol. The molecule has 1 unspecified atom stereocenters. The number of hydrogen-bond donors (Lipinski definition) is 0. The lowest BCUT2D eigenvalue weighted by molar-refractivity contribution is 0.260. The second kappa shape index (κ2) is 4.72. The van der Waals surface area contributed by atoms with E-state index in [9.17, 15) is 0 Å². The molecular formula is C20H23N2+. The van der Waals surface area contributed by atoms with Crippen molar-refractivity contribution in [3.63, 3.8) is 0 Å². The van der Waals surface area contributed by atoms with Crippen LogP contribution in [0.3, 0.4) is 0 Å². The number of rotatable bonds is 2. The second-order valence-corrected chi connectivity index (χ2v) is 6.88. The van der Waals surface area contributed by atoms with Gasteiger partial charge in [-0.15, -0.1) is 0 Å². The Kier molecular flexibility index (Phi) is 2.92. The summed E-state index contributed by atoms with van der Waals surface area (Å²) in [7, 11) is 0. The molecule has 0 radical (unpaired) electrons. The van der Waals surface area contributed by atoms with E-state index in [0.717, 1.165) is 30.8 Å². The maximum Gasteiger partial charge on any atom is 0.160 e. The molecule has 0 amide bonds. The molecule has 1 atom stereocenters. The smallest absolute Gasteiger partial charge is 0.160 e. The van der Waals surface area contributed by atoms with Crippen LogP contribution >= 0.6 is 0 Å². The van der Waals surface area contributed by atoms with Gasteiger partial charge in [0.05, 0.1) is 12.2 Å². The summed E-state index contributed by atoms with van der Waals surface area (Å²) in [4.78, 5) is 2.55. The van der Waals surface area contributed by atoms with Crippen molar-refractivity contribution >= 4 is 11.4 Å². The van der Waals surface area contributed by atoms with Crippen LogP contribution in [-0.2, 0) is 13.1 Å². The van der Waals surface area contributed by atoms with Crippen LogP contribution in [0.15, 0.2) is 49.1 Å². The number of nitrogens with zero attached hydrogens (tertiary/aromatic N) is 2. The van der Waals surface area contributed by atoms with Crippen LogP contribution in [0.4, 0.5) is 11.4 Å². The zero-order valence-electron chi connectivity index (χ0n) is 13.5.